The Balaban J connectivity index is 2.87. The zero-order chi connectivity index (χ0) is 24.9. The number of carbonyl (C=O) groups is 2. The molecule has 0 aliphatic carbocycles. The number of alkyl halides is 3. The molecule has 1 amide bonds. The summed E-state index contributed by atoms with van der Waals surface area (Å²) in [5.74, 6) is -0.927. The number of carbonyl (C=O) groups excluding carboxylic acids is 2. The van der Waals surface area contributed by atoms with Crippen molar-refractivity contribution in [3.63, 3.8) is 0 Å². The van der Waals surface area contributed by atoms with Gasteiger partial charge >= 0.3 is 18.2 Å². The molecule has 1 atom stereocenters. The number of rotatable bonds is 13. The molecule has 188 valence electrons. The Morgan fingerprint density at radius 3 is 2.27 bits per heavy atom. The molecule has 0 spiro atoms. The molecule has 0 bridgehead atoms. The van der Waals surface area contributed by atoms with Crippen molar-refractivity contribution in [3.05, 3.63) is 35.9 Å². The van der Waals surface area contributed by atoms with Gasteiger partial charge in [0.1, 0.15) is 18.2 Å². The molecule has 1 rings (SSSR count). The lowest BCUT2D eigenvalue weighted by atomic mass is 10.1. The predicted octanol–water partition coefficient (Wildman–Crippen LogP) is 5.46. The largest absolute Gasteiger partial charge is 0.460 e. The number of esters is 1. The average molecular weight is 475 g/mol. The van der Waals surface area contributed by atoms with Crippen LogP contribution in [0.5, 0.6) is 0 Å². The smallest absolute Gasteiger partial charge is 0.407 e. The minimum absolute atomic E-state index is 0.0447. The highest BCUT2D eigenvalue weighted by Gasteiger charge is 2.39. The Labute approximate surface area is 194 Å². The van der Waals surface area contributed by atoms with Crippen molar-refractivity contribution in [1.29, 1.82) is 0 Å². The molecule has 33 heavy (non-hydrogen) atoms. The average Bonchev–Trinajstić information content (AvgIpc) is 2.71. The third kappa shape index (κ3) is 13.8. The second-order valence-electron chi connectivity index (χ2n) is 8.95. The van der Waals surface area contributed by atoms with Crippen LogP contribution in [0.2, 0.25) is 0 Å². The maximum absolute atomic E-state index is 13.3. The number of halogens is 3. The molecule has 0 aliphatic rings. The predicted molar refractivity (Wildman–Crippen MR) is 121 cm³/mol. The van der Waals surface area contributed by atoms with E-state index in [-0.39, 0.29) is 26.2 Å². The van der Waals surface area contributed by atoms with Crippen LogP contribution in [-0.4, -0.2) is 54.4 Å². The second-order valence-corrected chi connectivity index (χ2v) is 8.95. The Hall–Kier alpha value is -2.29. The normalized spacial score (nSPS) is 13.0. The van der Waals surface area contributed by atoms with E-state index >= 15 is 0 Å². The summed E-state index contributed by atoms with van der Waals surface area (Å²) in [7, 11) is 0. The molecule has 1 aromatic carbocycles. The zero-order valence-electron chi connectivity index (χ0n) is 20.0. The van der Waals surface area contributed by atoms with Crippen molar-refractivity contribution in [2.24, 2.45) is 0 Å². The van der Waals surface area contributed by atoms with E-state index < -0.39 is 36.3 Å². The van der Waals surface area contributed by atoms with Gasteiger partial charge in [0.2, 0.25) is 0 Å². The van der Waals surface area contributed by atoms with Crippen LogP contribution in [0.1, 0.15) is 65.4 Å². The van der Waals surface area contributed by atoms with Crippen molar-refractivity contribution >= 4 is 12.1 Å². The van der Waals surface area contributed by atoms with Gasteiger partial charge in [0.15, 0.2) is 0 Å². The van der Waals surface area contributed by atoms with Gasteiger partial charge in [-0.05, 0) is 39.3 Å². The molecule has 6 nitrogen and oxygen atoms in total. The first-order valence-electron chi connectivity index (χ1n) is 11.4. The molecule has 0 saturated heterocycles. The first-order valence-corrected chi connectivity index (χ1v) is 11.4. The number of hydrogen-bond acceptors (Lipinski definition) is 5. The van der Waals surface area contributed by atoms with Gasteiger partial charge in [-0.3, -0.25) is 9.69 Å². The van der Waals surface area contributed by atoms with Crippen LogP contribution >= 0.6 is 0 Å². The van der Waals surface area contributed by atoms with Crippen LogP contribution in [0, 0.1) is 0 Å². The van der Waals surface area contributed by atoms with Gasteiger partial charge in [0.05, 0.1) is 6.42 Å². The molecule has 1 aromatic rings. The number of benzene rings is 1. The molecule has 0 fully saturated rings. The highest BCUT2D eigenvalue weighted by Crippen LogP contribution is 2.25. The number of nitrogens with zero attached hydrogens (tertiary/aromatic N) is 1. The number of unbranched alkanes of at least 4 members (excludes halogenated alkanes) is 3. The Kier molecular flexibility index (Phi) is 12.3. The maximum Gasteiger partial charge on any atom is 0.407 e. The fourth-order valence-electron chi connectivity index (χ4n) is 3.19. The van der Waals surface area contributed by atoms with E-state index in [0.29, 0.717) is 12.0 Å². The van der Waals surface area contributed by atoms with Crippen molar-refractivity contribution in [2.45, 2.75) is 84.2 Å². The highest BCUT2D eigenvalue weighted by molar-refractivity contribution is 5.76. The molecule has 0 radical (unpaired) electrons. The fourth-order valence-corrected chi connectivity index (χ4v) is 3.19. The van der Waals surface area contributed by atoms with Crippen LogP contribution in [-0.2, 0) is 20.9 Å². The van der Waals surface area contributed by atoms with Gasteiger partial charge in [0, 0.05) is 13.1 Å². The lowest BCUT2D eigenvalue weighted by Crippen LogP contribution is -2.48. The van der Waals surface area contributed by atoms with Gasteiger partial charge in [-0.2, -0.15) is 13.2 Å². The zero-order valence-corrected chi connectivity index (χ0v) is 20.0. The van der Waals surface area contributed by atoms with Crippen LogP contribution in [0.4, 0.5) is 18.0 Å². The summed E-state index contributed by atoms with van der Waals surface area (Å²) in [6.45, 7) is 7.48. The molecule has 0 aliphatic heterocycles. The third-order valence-corrected chi connectivity index (χ3v) is 4.73. The molecule has 1 N–H and O–H groups in total. The lowest BCUT2D eigenvalue weighted by molar-refractivity contribution is -0.171. The van der Waals surface area contributed by atoms with Crippen molar-refractivity contribution < 1.29 is 32.2 Å². The van der Waals surface area contributed by atoms with Gasteiger partial charge in [-0.15, -0.1) is 0 Å². The molecule has 0 aromatic heterocycles. The molecular weight excluding hydrogens is 437 g/mol. The minimum atomic E-state index is -4.54. The van der Waals surface area contributed by atoms with Crippen molar-refractivity contribution in [2.75, 3.05) is 19.6 Å². The number of alkyl carbamates (subject to hydrolysis) is 1. The summed E-state index contributed by atoms with van der Waals surface area (Å²) in [5.41, 5.74) is 0.00182. The molecule has 0 unspecified atom stereocenters. The summed E-state index contributed by atoms with van der Waals surface area (Å²) in [5, 5.41) is 2.55. The molecule has 9 heteroatoms. The number of nitrogens with one attached hydrogen (secondary N) is 1. The standard InChI is InChI=1S/C24H37F3N2O4/c1-5-6-7-11-15-29(16-14-28-22(31)33-23(2,3)4)20(17-24(25,26)27)21(30)32-18-19-12-9-8-10-13-19/h8-10,12-13,20H,5-7,11,14-18H2,1-4H3,(H,28,31)/t20-/m0/s1. The number of amides is 1. The van der Waals surface area contributed by atoms with Gasteiger partial charge < -0.3 is 14.8 Å². The Morgan fingerprint density at radius 2 is 1.70 bits per heavy atom. The van der Waals surface area contributed by atoms with Crippen LogP contribution in [0.3, 0.4) is 0 Å². The third-order valence-electron chi connectivity index (χ3n) is 4.73. The summed E-state index contributed by atoms with van der Waals surface area (Å²) in [6.07, 6.45) is -3.12. The van der Waals surface area contributed by atoms with Crippen molar-refractivity contribution in [3.8, 4) is 0 Å². The number of ether oxygens (including phenoxy) is 2. The monoisotopic (exact) mass is 474 g/mol. The van der Waals surface area contributed by atoms with Crippen molar-refractivity contribution in [1.82, 2.24) is 10.2 Å². The summed E-state index contributed by atoms with van der Waals surface area (Å²) in [4.78, 5) is 26.1. The second kappa shape index (κ2) is 14.1. The topological polar surface area (TPSA) is 67.9 Å². The molecule has 0 saturated carbocycles. The molecule has 0 heterocycles. The van der Waals surface area contributed by atoms with E-state index in [1.165, 1.54) is 4.90 Å². The SMILES string of the molecule is CCCCCCN(CCNC(=O)OC(C)(C)C)[C@@H](CC(F)(F)F)C(=O)OCc1ccccc1. The highest BCUT2D eigenvalue weighted by atomic mass is 19.4. The van der Waals surface area contributed by atoms with E-state index in [0.717, 1.165) is 19.3 Å². The minimum Gasteiger partial charge on any atom is -0.460 e. The van der Waals surface area contributed by atoms with E-state index in [4.69, 9.17) is 9.47 Å². The van der Waals surface area contributed by atoms with Gasteiger partial charge in [0.25, 0.3) is 0 Å². The van der Waals surface area contributed by atoms with Gasteiger partial charge in [-0.1, -0.05) is 56.5 Å². The lowest BCUT2D eigenvalue weighted by Gasteiger charge is -2.31. The van der Waals surface area contributed by atoms with Gasteiger partial charge in [-0.25, -0.2) is 4.79 Å². The fraction of sp³-hybridized carbons (Fsp3) is 0.667. The summed E-state index contributed by atoms with van der Waals surface area (Å²) < 4.78 is 50.4. The maximum atomic E-state index is 13.3. The van der Waals surface area contributed by atoms with E-state index in [1.807, 2.05) is 6.92 Å². The summed E-state index contributed by atoms with van der Waals surface area (Å²) >= 11 is 0. The van der Waals surface area contributed by atoms with E-state index in [2.05, 4.69) is 5.32 Å². The first-order chi connectivity index (χ1) is 15.4. The Morgan fingerprint density at radius 1 is 1.03 bits per heavy atom. The van der Waals surface area contributed by atoms with Crippen LogP contribution < -0.4 is 5.32 Å². The summed E-state index contributed by atoms with van der Waals surface area (Å²) in [6, 6.07) is 7.31. The number of hydrogen-bond donors (Lipinski definition) is 1. The van der Waals surface area contributed by atoms with Crippen LogP contribution in [0.25, 0.3) is 0 Å². The van der Waals surface area contributed by atoms with Crippen LogP contribution in [0.15, 0.2) is 30.3 Å². The first kappa shape index (κ1) is 28.7. The Bertz CT molecular complexity index is 706. The molecular formula is C24H37F3N2O4. The quantitative estimate of drug-likeness (QED) is 0.304. The van der Waals surface area contributed by atoms with E-state index in [1.54, 1.807) is 51.1 Å². The van der Waals surface area contributed by atoms with E-state index in [9.17, 15) is 22.8 Å².